The van der Waals surface area contributed by atoms with E-state index in [-0.39, 0.29) is 53.3 Å². The first-order chi connectivity index (χ1) is 27.5. The zero-order chi connectivity index (χ0) is 39.8. The van der Waals surface area contributed by atoms with E-state index in [9.17, 15) is 0 Å². The Morgan fingerprint density at radius 1 is 0.492 bits per heavy atom. The summed E-state index contributed by atoms with van der Waals surface area (Å²) in [7, 11) is 0. The molecule has 0 amide bonds. The van der Waals surface area contributed by atoms with Crippen LogP contribution in [0.5, 0.6) is 23.0 Å². The van der Waals surface area contributed by atoms with E-state index in [2.05, 4.69) is 160 Å². The standard InChI is InChI=1S/C50H45N5O2.Pd.Pt/c1-30(2)34-18-22-51-44(24-34)36-10-14-40(32(5)6)48(26-36)56-38-12-16-42-43-17-13-39(29-47(43)55(46(42)28-38)50-53-20-9-21-54-50)57-49-27-37(11-15-41(49)33(7)8)45-25-35(31(3)4)19-23-52-45;;/h9-25,30-33H,1-8H3;;/q-4;2*+2. The van der Waals surface area contributed by atoms with Crippen molar-refractivity contribution in [2.75, 3.05) is 0 Å². The first-order valence-corrected chi connectivity index (χ1v) is 19.6. The summed E-state index contributed by atoms with van der Waals surface area (Å²) in [6.45, 7) is 17.3. The zero-order valence-electron chi connectivity index (χ0n) is 34.3. The van der Waals surface area contributed by atoms with Crippen LogP contribution in [0.1, 0.15) is 101 Å². The summed E-state index contributed by atoms with van der Waals surface area (Å²) < 4.78 is 15.3. The summed E-state index contributed by atoms with van der Waals surface area (Å²) in [5, 5.41) is 1.91. The molecule has 0 saturated carbocycles. The van der Waals surface area contributed by atoms with Gasteiger partial charge in [-0.15, -0.1) is 59.7 Å². The number of ether oxygens (including phenoxy) is 2. The molecule has 0 aliphatic rings. The third-order valence-corrected chi connectivity index (χ3v) is 10.3. The van der Waals surface area contributed by atoms with Gasteiger partial charge in [-0.05, 0) is 41.4 Å². The molecule has 0 spiro atoms. The van der Waals surface area contributed by atoms with Crippen LogP contribution in [0.2, 0.25) is 0 Å². The maximum atomic E-state index is 6.67. The Morgan fingerprint density at radius 3 is 1.34 bits per heavy atom. The summed E-state index contributed by atoms with van der Waals surface area (Å²) in [4.78, 5) is 18.6. The second-order valence-corrected chi connectivity index (χ2v) is 15.6. The molecule has 4 heterocycles. The summed E-state index contributed by atoms with van der Waals surface area (Å²) in [6, 6.07) is 40.7. The minimum atomic E-state index is 0. The molecular formula is C50H45N5O2PdPt. The van der Waals surface area contributed by atoms with Gasteiger partial charge in [0.15, 0.2) is 0 Å². The first-order valence-electron chi connectivity index (χ1n) is 19.6. The molecule has 0 aliphatic carbocycles. The van der Waals surface area contributed by atoms with Crippen molar-refractivity contribution >= 4 is 21.8 Å². The Balaban J connectivity index is 0.00000293. The number of pyridine rings is 2. The third kappa shape index (κ3) is 9.12. The van der Waals surface area contributed by atoms with Crippen molar-refractivity contribution in [2.45, 2.75) is 79.1 Å². The Bertz CT molecular complexity index is 2560. The molecule has 0 unspecified atom stereocenters. The zero-order valence-corrected chi connectivity index (χ0v) is 38.1. The van der Waals surface area contributed by atoms with Crippen molar-refractivity contribution < 1.29 is 51.0 Å². The SMILES string of the molecule is CC(C)c1ccnc(-c2[c-]c(Oc3[c-]c4c(cc3)c3ccc(Oc5[c-]c(-c6cc(C(C)C)ccn6)ccc5C(C)C)[c-]c3n4-c3ncccn3)c(C(C)C)cc2)c1.[Pd+2].[Pt+2]. The third-order valence-electron chi connectivity index (χ3n) is 10.3. The predicted octanol–water partition coefficient (Wildman–Crippen LogP) is 13.0. The van der Waals surface area contributed by atoms with E-state index in [1.165, 1.54) is 11.1 Å². The van der Waals surface area contributed by atoms with Crippen LogP contribution in [0.3, 0.4) is 0 Å². The molecule has 4 aromatic carbocycles. The minimum Gasteiger partial charge on any atom is -0.503 e. The fourth-order valence-corrected chi connectivity index (χ4v) is 7.03. The average Bonchev–Trinajstić information content (AvgIpc) is 3.53. The molecule has 0 aliphatic heterocycles. The molecule has 59 heavy (non-hydrogen) atoms. The van der Waals surface area contributed by atoms with E-state index in [1.807, 2.05) is 29.1 Å². The van der Waals surface area contributed by atoms with Crippen LogP contribution in [0.15, 0.2) is 104 Å². The van der Waals surface area contributed by atoms with Crippen molar-refractivity contribution in [3.8, 4) is 51.5 Å². The van der Waals surface area contributed by atoms with Crippen molar-refractivity contribution in [1.29, 1.82) is 0 Å². The van der Waals surface area contributed by atoms with E-state index in [0.29, 0.717) is 40.8 Å². The summed E-state index contributed by atoms with van der Waals surface area (Å²) in [5.74, 6) is 4.03. The molecule has 0 bridgehead atoms. The molecule has 302 valence electrons. The van der Waals surface area contributed by atoms with E-state index in [4.69, 9.17) is 9.47 Å². The van der Waals surface area contributed by atoms with Gasteiger partial charge in [0.2, 0.25) is 5.95 Å². The molecule has 4 aromatic heterocycles. The Labute approximate surface area is 375 Å². The van der Waals surface area contributed by atoms with Gasteiger partial charge in [0, 0.05) is 47.8 Å². The number of rotatable bonds is 11. The molecule has 8 rings (SSSR count). The van der Waals surface area contributed by atoms with Gasteiger partial charge in [0.05, 0.1) is 0 Å². The van der Waals surface area contributed by atoms with Crippen LogP contribution in [0, 0.1) is 24.3 Å². The largest absolute Gasteiger partial charge is 2.00 e. The number of hydrogen-bond acceptors (Lipinski definition) is 6. The van der Waals surface area contributed by atoms with E-state index >= 15 is 0 Å². The minimum absolute atomic E-state index is 0. The molecule has 9 heteroatoms. The van der Waals surface area contributed by atoms with Gasteiger partial charge in [-0.2, -0.15) is 22.9 Å². The summed E-state index contributed by atoms with van der Waals surface area (Å²) >= 11 is 0. The molecule has 7 nitrogen and oxygen atoms in total. The normalized spacial score (nSPS) is 11.4. The maximum absolute atomic E-state index is 6.67. The quantitative estimate of drug-likeness (QED) is 0.0949. The van der Waals surface area contributed by atoms with Crippen molar-refractivity contribution in [3.63, 3.8) is 0 Å². The van der Waals surface area contributed by atoms with Crippen LogP contribution in [-0.4, -0.2) is 24.5 Å². The Morgan fingerprint density at radius 2 is 0.932 bits per heavy atom. The fourth-order valence-electron chi connectivity index (χ4n) is 7.03. The first kappa shape index (κ1) is 43.6. The van der Waals surface area contributed by atoms with Gasteiger partial charge in [-0.1, -0.05) is 125 Å². The number of benzene rings is 4. The van der Waals surface area contributed by atoms with Crippen LogP contribution < -0.4 is 9.47 Å². The van der Waals surface area contributed by atoms with Gasteiger partial charge in [-0.3, -0.25) is 0 Å². The molecule has 0 radical (unpaired) electrons. The van der Waals surface area contributed by atoms with E-state index in [0.717, 1.165) is 55.4 Å². The van der Waals surface area contributed by atoms with Gasteiger partial charge < -0.3 is 24.0 Å². The van der Waals surface area contributed by atoms with Crippen molar-refractivity contribution in [2.24, 2.45) is 0 Å². The van der Waals surface area contributed by atoms with Crippen molar-refractivity contribution in [1.82, 2.24) is 24.5 Å². The van der Waals surface area contributed by atoms with Crippen LogP contribution in [0.4, 0.5) is 0 Å². The van der Waals surface area contributed by atoms with E-state index in [1.54, 1.807) is 18.5 Å². The van der Waals surface area contributed by atoms with Gasteiger partial charge >= 0.3 is 41.5 Å². The summed E-state index contributed by atoms with van der Waals surface area (Å²) in [5.41, 5.74) is 9.49. The van der Waals surface area contributed by atoms with Gasteiger partial charge in [0.1, 0.15) is 0 Å². The van der Waals surface area contributed by atoms with Gasteiger partial charge in [-0.25, -0.2) is 9.97 Å². The molecule has 0 fully saturated rings. The smallest absolute Gasteiger partial charge is 0.503 e. The predicted molar refractivity (Wildman–Crippen MR) is 228 cm³/mol. The van der Waals surface area contributed by atoms with Crippen LogP contribution >= 0.6 is 0 Å². The van der Waals surface area contributed by atoms with Gasteiger partial charge in [0.25, 0.3) is 0 Å². The Kier molecular flexibility index (Phi) is 13.7. The Hall–Kier alpha value is -4.99. The molecule has 8 aromatic rings. The summed E-state index contributed by atoms with van der Waals surface area (Å²) in [6.07, 6.45) is 7.18. The van der Waals surface area contributed by atoms with Crippen LogP contribution in [-0.2, 0) is 41.5 Å². The molecule has 0 N–H and O–H groups in total. The molecular weight excluding hydrogens is 1000 g/mol. The second-order valence-electron chi connectivity index (χ2n) is 15.6. The van der Waals surface area contributed by atoms with E-state index < -0.39 is 0 Å². The van der Waals surface area contributed by atoms with Crippen LogP contribution in [0.25, 0.3) is 50.3 Å². The number of fused-ring (bicyclic) bond motifs is 3. The number of aromatic nitrogens is 5. The fraction of sp³-hybridized carbons (Fsp3) is 0.240. The number of hydrogen-bond donors (Lipinski definition) is 0. The maximum Gasteiger partial charge on any atom is 2.00 e. The second kappa shape index (κ2) is 18.5. The molecule has 0 saturated heterocycles. The number of nitrogens with zero attached hydrogens (tertiary/aromatic N) is 5. The monoisotopic (exact) mass is 1050 g/mol. The van der Waals surface area contributed by atoms with Crippen molar-refractivity contribution in [3.05, 3.63) is 150 Å². The average molecular weight is 1050 g/mol. The molecule has 0 atom stereocenters. The topological polar surface area (TPSA) is 75.0 Å².